The van der Waals surface area contributed by atoms with E-state index >= 15 is 0 Å². The molecular weight excluding hydrogens is 394 g/mol. The summed E-state index contributed by atoms with van der Waals surface area (Å²) in [5.41, 5.74) is 1.23. The number of carbonyl (C=O) groups is 1. The van der Waals surface area contributed by atoms with Crippen LogP contribution >= 0.6 is 0 Å². The Hall–Kier alpha value is -2.80. The van der Waals surface area contributed by atoms with Crippen LogP contribution in [0, 0.1) is 12.3 Å². The summed E-state index contributed by atoms with van der Waals surface area (Å²) in [7, 11) is -3.63. The minimum atomic E-state index is -3.63. The van der Waals surface area contributed by atoms with Crippen molar-refractivity contribution < 1.29 is 22.7 Å². The first-order chi connectivity index (χ1) is 14.0. The number of carbonyl (C=O) groups excluding carboxylic acids is 1. The maximum Gasteiger partial charge on any atom is 0.267 e. The summed E-state index contributed by atoms with van der Waals surface area (Å²) in [5, 5.41) is 2.78. The van der Waals surface area contributed by atoms with Crippen LogP contribution < -0.4 is 10.1 Å². The molecule has 2 heterocycles. The molecule has 1 fully saturated rings. The van der Waals surface area contributed by atoms with Crippen LogP contribution in [0.2, 0.25) is 0 Å². The molecule has 1 aromatic carbocycles. The number of aromatic nitrogens is 1. The predicted molar refractivity (Wildman–Crippen MR) is 107 cm³/mol. The van der Waals surface area contributed by atoms with Crippen molar-refractivity contribution in [3.8, 4) is 18.1 Å². The lowest BCUT2D eigenvalue weighted by molar-refractivity contribution is 0.0730. The minimum Gasteiger partial charge on any atom is -0.481 e. The molecule has 9 heteroatoms. The van der Waals surface area contributed by atoms with Crippen LogP contribution in [-0.2, 0) is 21.2 Å². The molecule has 0 saturated carbocycles. The maximum absolute atomic E-state index is 12.6. The molecule has 1 saturated heterocycles. The molecule has 0 spiro atoms. The molecule has 1 aromatic heterocycles. The average molecular weight is 417 g/mol. The summed E-state index contributed by atoms with van der Waals surface area (Å²) >= 11 is 0. The van der Waals surface area contributed by atoms with Crippen molar-refractivity contribution in [3.05, 3.63) is 47.8 Å². The number of rotatable bonds is 8. The van der Waals surface area contributed by atoms with Crippen LogP contribution in [0.25, 0.3) is 0 Å². The second-order valence-electron chi connectivity index (χ2n) is 6.41. The lowest BCUT2D eigenvalue weighted by Crippen LogP contribution is -2.40. The zero-order chi connectivity index (χ0) is 20.7. The van der Waals surface area contributed by atoms with Crippen molar-refractivity contribution >= 4 is 15.9 Å². The van der Waals surface area contributed by atoms with Crippen molar-refractivity contribution in [3.63, 3.8) is 0 Å². The van der Waals surface area contributed by atoms with Crippen molar-refractivity contribution in [2.45, 2.75) is 11.3 Å². The van der Waals surface area contributed by atoms with E-state index in [1.807, 2.05) is 24.3 Å². The fraction of sp³-hybridized carbons (Fsp3) is 0.350. The standard InChI is InChI=1S/C20H23N3O5S/c1-2-11-28-17-5-3-16(4-6-17)7-8-21-20(24)19-14-18(15-22-19)29(25,26)23-9-12-27-13-10-23/h1,3-6,14-15,22H,7-13H2,(H,21,24). The van der Waals surface area contributed by atoms with Crippen molar-refractivity contribution in [1.82, 2.24) is 14.6 Å². The Balaban J connectivity index is 1.52. The van der Waals surface area contributed by atoms with Gasteiger partial charge < -0.3 is 19.8 Å². The first-order valence-electron chi connectivity index (χ1n) is 9.20. The molecule has 0 atom stereocenters. The third-order valence-corrected chi connectivity index (χ3v) is 6.33. The number of nitrogens with zero attached hydrogens (tertiary/aromatic N) is 1. The van der Waals surface area contributed by atoms with Gasteiger partial charge in [0.15, 0.2) is 0 Å². The lowest BCUT2D eigenvalue weighted by Gasteiger charge is -2.25. The van der Waals surface area contributed by atoms with Gasteiger partial charge in [-0.3, -0.25) is 4.79 Å². The predicted octanol–water partition coefficient (Wildman–Crippen LogP) is 1.02. The van der Waals surface area contributed by atoms with Crippen LogP contribution in [0.15, 0.2) is 41.4 Å². The van der Waals surface area contributed by atoms with E-state index in [4.69, 9.17) is 15.9 Å². The summed E-state index contributed by atoms with van der Waals surface area (Å²) < 4.78 is 37.1. The second-order valence-corrected chi connectivity index (χ2v) is 8.35. The van der Waals surface area contributed by atoms with Gasteiger partial charge in [-0.1, -0.05) is 18.1 Å². The molecule has 1 aliphatic rings. The first-order valence-corrected chi connectivity index (χ1v) is 10.6. The van der Waals surface area contributed by atoms with Crippen LogP contribution in [0.3, 0.4) is 0 Å². The van der Waals surface area contributed by atoms with Crippen LogP contribution in [0.4, 0.5) is 0 Å². The molecule has 8 nitrogen and oxygen atoms in total. The molecule has 1 amide bonds. The lowest BCUT2D eigenvalue weighted by atomic mass is 10.1. The number of ether oxygens (including phenoxy) is 2. The Labute approximate surface area is 170 Å². The van der Waals surface area contributed by atoms with Gasteiger partial charge in [-0.2, -0.15) is 4.31 Å². The smallest absolute Gasteiger partial charge is 0.267 e. The number of sulfonamides is 1. The van der Waals surface area contributed by atoms with Gasteiger partial charge in [0.1, 0.15) is 22.9 Å². The Morgan fingerprint density at radius 2 is 2.00 bits per heavy atom. The minimum absolute atomic E-state index is 0.0760. The molecule has 2 N–H and O–H groups in total. The van der Waals surface area contributed by atoms with Crippen molar-refractivity contribution in [2.75, 3.05) is 39.5 Å². The summed E-state index contributed by atoms with van der Waals surface area (Å²) in [6, 6.07) is 8.81. The third kappa shape index (κ3) is 5.38. The summed E-state index contributed by atoms with van der Waals surface area (Å²) in [5.74, 6) is 2.74. The van der Waals surface area contributed by atoms with Crippen LogP contribution in [-0.4, -0.2) is 63.1 Å². The number of nitrogens with one attached hydrogen (secondary N) is 2. The number of hydrogen-bond donors (Lipinski definition) is 2. The quantitative estimate of drug-likeness (QED) is 0.625. The van der Waals surface area contributed by atoms with Gasteiger partial charge in [-0.25, -0.2) is 8.42 Å². The van der Waals surface area contributed by atoms with E-state index in [2.05, 4.69) is 16.2 Å². The van der Waals surface area contributed by atoms with E-state index in [0.717, 1.165) is 5.56 Å². The highest BCUT2D eigenvalue weighted by molar-refractivity contribution is 7.89. The molecule has 3 rings (SSSR count). The monoisotopic (exact) mass is 417 g/mol. The van der Waals surface area contributed by atoms with Gasteiger partial charge in [0.25, 0.3) is 5.91 Å². The average Bonchev–Trinajstić information content (AvgIpc) is 3.25. The molecule has 154 valence electrons. The Morgan fingerprint density at radius 3 is 2.69 bits per heavy atom. The number of hydrogen-bond acceptors (Lipinski definition) is 5. The van der Waals surface area contributed by atoms with Gasteiger partial charge in [0.05, 0.1) is 13.2 Å². The van der Waals surface area contributed by atoms with Gasteiger partial charge in [-0.05, 0) is 30.2 Å². The topological polar surface area (TPSA) is 101 Å². The number of benzene rings is 1. The Morgan fingerprint density at radius 1 is 1.28 bits per heavy atom. The second kappa shape index (κ2) is 9.60. The van der Waals surface area contributed by atoms with E-state index in [9.17, 15) is 13.2 Å². The van der Waals surface area contributed by atoms with Crippen molar-refractivity contribution in [2.24, 2.45) is 0 Å². The molecule has 0 bridgehead atoms. The molecule has 29 heavy (non-hydrogen) atoms. The number of H-pyrrole nitrogens is 1. The van der Waals surface area contributed by atoms with Crippen LogP contribution in [0.1, 0.15) is 16.1 Å². The molecule has 0 radical (unpaired) electrons. The largest absolute Gasteiger partial charge is 0.481 e. The van der Waals surface area contributed by atoms with Crippen molar-refractivity contribution in [1.29, 1.82) is 0 Å². The zero-order valence-corrected chi connectivity index (χ0v) is 16.7. The van der Waals surface area contributed by atoms with Gasteiger partial charge in [-0.15, -0.1) is 6.42 Å². The highest BCUT2D eigenvalue weighted by Gasteiger charge is 2.27. The fourth-order valence-electron chi connectivity index (χ4n) is 2.88. The highest BCUT2D eigenvalue weighted by Crippen LogP contribution is 2.18. The molecular formula is C20H23N3O5S. The molecule has 1 aliphatic heterocycles. The number of morpholine rings is 1. The number of aromatic amines is 1. The van der Waals surface area contributed by atoms with E-state index in [0.29, 0.717) is 45.0 Å². The van der Waals surface area contributed by atoms with E-state index in [1.54, 1.807) is 0 Å². The van der Waals surface area contributed by atoms with Gasteiger partial charge in [0.2, 0.25) is 10.0 Å². The fourth-order valence-corrected chi connectivity index (χ4v) is 4.29. The van der Waals surface area contributed by atoms with Gasteiger partial charge in [0, 0.05) is 25.8 Å². The summed E-state index contributed by atoms with van der Waals surface area (Å²) in [4.78, 5) is 15.1. The Bertz CT molecular complexity index is 970. The molecule has 0 unspecified atom stereocenters. The summed E-state index contributed by atoms with van der Waals surface area (Å²) in [6.45, 7) is 1.98. The Kier molecular flexibility index (Phi) is 6.93. The normalized spacial score (nSPS) is 14.9. The van der Waals surface area contributed by atoms with Crippen LogP contribution in [0.5, 0.6) is 5.75 Å². The highest BCUT2D eigenvalue weighted by atomic mass is 32.2. The first kappa shape index (κ1) is 20.9. The SMILES string of the molecule is C#CCOc1ccc(CCNC(=O)c2cc(S(=O)(=O)N3CCOCC3)c[nH]2)cc1. The zero-order valence-electron chi connectivity index (χ0n) is 15.9. The molecule has 0 aliphatic carbocycles. The number of amides is 1. The summed E-state index contributed by atoms with van der Waals surface area (Å²) in [6.07, 6.45) is 7.12. The maximum atomic E-state index is 12.6. The van der Waals surface area contributed by atoms with E-state index in [1.165, 1.54) is 16.6 Å². The van der Waals surface area contributed by atoms with E-state index < -0.39 is 10.0 Å². The third-order valence-electron chi connectivity index (χ3n) is 4.45. The van der Waals surface area contributed by atoms with E-state index in [-0.39, 0.29) is 23.1 Å². The molecule has 2 aromatic rings. The van der Waals surface area contributed by atoms with Gasteiger partial charge >= 0.3 is 0 Å². The number of terminal acetylenes is 1.